The summed E-state index contributed by atoms with van der Waals surface area (Å²) in [5.41, 5.74) is -2.06. The fourth-order valence-corrected chi connectivity index (χ4v) is 1.98. The fraction of sp³-hybridized carbons (Fsp3) is 0.667. The molecule has 0 saturated carbocycles. The maximum absolute atomic E-state index is 12.4. The predicted octanol–water partition coefficient (Wildman–Crippen LogP) is 0.596. The maximum atomic E-state index is 12.4. The molecule has 1 aliphatic heterocycles. The van der Waals surface area contributed by atoms with Gasteiger partial charge >= 0.3 is 11.9 Å². The average Bonchev–Trinajstić information content (AvgIpc) is 2.30. The van der Waals surface area contributed by atoms with Crippen LogP contribution in [-0.4, -0.2) is 46.7 Å². The van der Waals surface area contributed by atoms with Crippen LogP contribution < -0.4 is 10.6 Å². The molecule has 124 valence electrons. The van der Waals surface area contributed by atoms with Crippen molar-refractivity contribution in [3.63, 3.8) is 0 Å². The molecule has 0 aromatic carbocycles. The van der Waals surface area contributed by atoms with E-state index in [1.165, 1.54) is 6.08 Å². The van der Waals surface area contributed by atoms with E-state index in [0.29, 0.717) is 19.4 Å². The Kier molecular flexibility index (Phi) is 5.71. The first kappa shape index (κ1) is 18.2. The maximum Gasteiger partial charge on any atom is 0.336 e. The van der Waals surface area contributed by atoms with E-state index in [1.54, 1.807) is 20.8 Å². The number of nitrogens with one attached hydrogen (secondary N) is 2. The number of carboxylic acids is 1. The first-order valence-corrected chi connectivity index (χ1v) is 7.31. The molecular weight excluding hydrogens is 288 g/mol. The molecule has 0 aromatic heterocycles. The second kappa shape index (κ2) is 6.91. The molecule has 7 heteroatoms. The zero-order valence-electron chi connectivity index (χ0n) is 13.4. The van der Waals surface area contributed by atoms with Crippen LogP contribution in [0.3, 0.4) is 0 Å². The van der Waals surface area contributed by atoms with Gasteiger partial charge in [0.2, 0.25) is 0 Å². The molecule has 0 aliphatic carbocycles. The van der Waals surface area contributed by atoms with Crippen molar-refractivity contribution in [3.8, 4) is 0 Å². The van der Waals surface area contributed by atoms with E-state index in [-0.39, 0.29) is 0 Å². The Balaban J connectivity index is 2.79. The van der Waals surface area contributed by atoms with Crippen LogP contribution in [0.4, 0.5) is 0 Å². The van der Waals surface area contributed by atoms with E-state index >= 15 is 0 Å². The minimum Gasteiger partial charge on any atom is -0.478 e. The van der Waals surface area contributed by atoms with E-state index in [0.717, 1.165) is 6.08 Å². The summed E-state index contributed by atoms with van der Waals surface area (Å²) in [6.07, 6.45) is 3.23. The molecule has 1 amide bonds. The van der Waals surface area contributed by atoms with Crippen LogP contribution in [0.1, 0.15) is 40.5 Å². The van der Waals surface area contributed by atoms with Gasteiger partial charge in [-0.05, 0) is 40.2 Å². The molecule has 1 rings (SSSR count). The zero-order valence-corrected chi connectivity index (χ0v) is 13.4. The monoisotopic (exact) mass is 312 g/mol. The molecule has 3 N–H and O–H groups in total. The number of amides is 1. The van der Waals surface area contributed by atoms with E-state index in [2.05, 4.69) is 10.6 Å². The van der Waals surface area contributed by atoms with Crippen LogP contribution in [-0.2, 0) is 19.1 Å². The second-order valence-electron chi connectivity index (χ2n) is 6.27. The summed E-state index contributed by atoms with van der Waals surface area (Å²) >= 11 is 0. The van der Waals surface area contributed by atoms with Crippen LogP contribution in [0.25, 0.3) is 0 Å². The Morgan fingerprint density at radius 3 is 2.36 bits per heavy atom. The lowest BCUT2D eigenvalue weighted by molar-refractivity contribution is -0.170. The molecule has 0 aromatic rings. The average molecular weight is 312 g/mol. The molecule has 1 unspecified atom stereocenters. The number of hydrogen-bond acceptors (Lipinski definition) is 5. The molecule has 7 nitrogen and oxygen atoms in total. The summed E-state index contributed by atoms with van der Waals surface area (Å²) in [6, 6.07) is -0.453. The number of carboxylic acid groups (broad SMARTS) is 1. The molecule has 22 heavy (non-hydrogen) atoms. The molecule has 1 fully saturated rings. The number of carbonyl (C=O) groups is 3. The smallest absolute Gasteiger partial charge is 0.336 e. The number of hydrogen-bond donors (Lipinski definition) is 3. The van der Waals surface area contributed by atoms with Crippen molar-refractivity contribution in [1.82, 2.24) is 10.6 Å². The van der Waals surface area contributed by atoms with Gasteiger partial charge in [-0.2, -0.15) is 0 Å². The number of ether oxygens (including phenoxy) is 1. The van der Waals surface area contributed by atoms with Crippen LogP contribution >= 0.6 is 0 Å². The molecule has 1 heterocycles. The fourth-order valence-electron chi connectivity index (χ4n) is 1.98. The lowest BCUT2D eigenvalue weighted by atomic mass is 9.86. The van der Waals surface area contributed by atoms with Crippen molar-refractivity contribution >= 4 is 17.8 Å². The van der Waals surface area contributed by atoms with Gasteiger partial charge in [-0.3, -0.25) is 10.1 Å². The highest BCUT2D eigenvalue weighted by atomic mass is 16.6. The minimum atomic E-state index is -1.38. The SMILES string of the molecule is CCC(C=CC(=O)O)NC(=O)[C@]1(C(=O)OC(C)(C)C)CCN1. The lowest BCUT2D eigenvalue weighted by Crippen LogP contribution is -2.71. The first-order chi connectivity index (χ1) is 10.1. The first-order valence-electron chi connectivity index (χ1n) is 7.31. The van der Waals surface area contributed by atoms with Gasteiger partial charge in [0.1, 0.15) is 5.60 Å². The van der Waals surface area contributed by atoms with Crippen LogP contribution in [0.5, 0.6) is 0 Å². The normalized spacial score (nSPS) is 22.7. The van der Waals surface area contributed by atoms with Gasteiger partial charge in [0, 0.05) is 12.1 Å². The van der Waals surface area contributed by atoms with E-state index in [9.17, 15) is 14.4 Å². The number of rotatable bonds is 6. The van der Waals surface area contributed by atoms with Gasteiger partial charge in [-0.1, -0.05) is 13.0 Å². The summed E-state index contributed by atoms with van der Waals surface area (Å²) in [5, 5.41) is 14.2. The van der Waals surface area contributed by atoms with Crippen LogP contribution in [0.2, 0.25) is 0 Å². The number of aliphatic carboxylic acids is 1. The third-order valence-corrected chi connectivity index (χ3v) is 3.29. The Hall–Kier alpha value is -1.89. The Morgan fingerprint density at radius 1 is 1.41 bits per heavy atom. The van der Waals surface area contributed by atoms with Crippen molar-refractivity contribution in [3.05, 3.63) is 12.2 Å². The van der Waals surface area contributed by atoms with Crippen molar-refractivity contribution in [1.29, 1.82) is 0 Å². The Labute approximate surface area is 130 Å². The van der Waals surface area contributed by atoms with Gasteiger partial charge < -0.3 is 15.2 Å². The predicted molar refractivity (Wildman–Crippen MR) is 80.2 cm³/mol. The molecule has 2 atom stereocenters. The molecular formula is C15H24N2O5. The van der Waals surface area contributed by atoms with Crippen LogP contribution in [0.15, 0.2) is 12.2 Å². The standard InChI is InChI=1S/C15H24N2O5/c1-5-10(6-7-11(18)19)17-12(20)15(8-9-16-15)13(21)22-14(2,3)4/h6-7,10,16H,5,8-9H2,1-4H3,(H,17,20)(H,18,19)/t10?,15-/m0/s1. The highest BCUT2D eigenvalue weighted by Crippen LogP contribution is 2.24. The summed E-state index contributed by atoms with van der Waals surface area (Å²) in [5.74, 6) is -2.19. The van der Waals surface area contributed by atoms with Crippen molar-refractivity contribution in [2.24, 2.45) is 0 Å². The molecule has 0 bridgehead atoms. The third kappa shape index (κ3) is 4.56. The van der Waals surface area contributed by atoms with Crippen LogP contribution in [0, 0.1) is 0 Å². The largest absolute Gasteiger partial charge is 0.478 e. The van der Waals surface area contributed by atoms with E-state index < -0.39 is 35.0 Å². The summed E-state index contributed by atoms with van der Waals surface area (Å²) in [4.78, 5) is 35.3. The number of esters is 1. The molecule has 1 saturated heterocycles. The summed E-state index contributed by atoms with van der Waals surface area (Å²) < 4.78 is 5.31. The third-order valence-electron chi connectivity index (χ3n) is 3.29. The molecule has 0 spiro atoms. The Bertz CT molecular complexity index is 475. The van der Waals surface area contributed by atoms with Crippen molar-refractivity contribution in [2.75, 3.05) is 6.54 Å². The summed E-state index contributed by atoms with van der Waals surface area (Å²) in [6.45, 7) is 7.57. The zero-order chi connectivity index (χ0) is 17.0. The van der Waals surface area contributed by atoms with E-state index in [4.69, 9.17) is 9.84 Å². The van der Waals surface area contributed by atoms with Crippen molar-refractivity contribution in [2.45, 2.75) is 57.7 Å². The topological polar surface area (TPSA) is 105 Å². The van der Waals surface area contributed by atoms with E-state index in [1.807, 2.05) is 6.92 Å². The van der Waals surface area contributed by atoms with Gasteiger partial charge in [0.25, 0.3) is 5.91 Å². The number of carbonyl (C=O) groups excluding carboxylic acids is 2. The van der Waals surface area contributed by atoms with Gasteiger partial charge in [-0.25, -0.2) is 9.59 Å². The highest BCUT2D eigenvalue weighted by molar-refractivity contribution is 6.08. The van der Waals surface area contributed by atoms with Crippen molar-refractivity contribution < 1.29 is 24.2 Å². The molecule has 1 aliphatic rings. The summed E-state index contributed by atoms with van der Waals surface area (Å²) in [7, 11) is 0. The highest BCUT2D eigenvalue weighted by Gasteiger charge is 2.53. The minimum absolute atomic E-state index is 0.354. The quantitative estimate of drug-likeness (QED) is 0.377. The van der Waals surface area contributed by atoms with Gasteiger partial charge in [-0.15, -0.1) is 0 Å². The Morgan fingerprint density at radius 2 is 2.00 bits per heavy atom. The van der Waals surface area contributed by atoms with Gasteiger partial charge in [0.15, 0.2) is 5.54 Å². The molecule has 0 radical (unpaired) electrons. The second-order valence-corrected chi connectivity index (χ2v) is 6.27. The lowest BCUT2D eigenvalue weighted by Gasteiger charge is -2.41. The van der Waals surface area contributed by atoms with Gasteiger partial charge in [0.05, 0.1) is 0 Å².